The minimum atomic E-state index is -0.745. The number of hydrogen-bond donors (Lipinski definition) is 1. The van der Waals surface area contributed by atoms with E-state index in [4.69, 9.17) is 21.1 Å². The largest absolute Gasteiger partial charge is 0.489 e. The van der Waals surface area contributed by atoms with Crippen molar-refractivity contribution in [3.8, 4) is 11.5 Å². The van der Waals surface area contributed by atoms with Gasteiger partial charge in [0.25, 0.3) is 0 Å². The van der Waals surface area contributed by atoms with E-state index in [9.17, 15) is 5.11 Å². The highest BCUT2D eigenvalue weighted by Gasteiger charge is 2.21. The second-order valence-corrected chi connectivity index (χ2v) is 6.46. The summed E-state index contributed by atoms with van der Waals surface area (Å²) in [5, 5.41) is 14.8. The number of aliphatic hydroxyl groups excluding tert-OH is 1. The fourth-order valence-electron chi connectivity index (χ4n) is 2.07. The van der Waals surface area contributed by atoms with Crippen molar-refractivity contribution in [2.75, 3.05) is 13.2 Å². The Morgan fingerprint density at radius 3 is 2.80 bits per heavy atom. The maximum atomic E-state index is 10.5. The van der Waals surface area contributed by atoms with Gasteiger partial charge in [-0.25, -0.2) is 0 Å². The summed E-state index contributed by atoms with van der Waals surface area (Å²) in [7, 11) is 0. The summed E-state index contributed by atoms with van der Waals surface area (Å²) >= 11 is 11.2. The van der Waals surface area contributed by atoms with E-state index in [1.807, 2.05) is 10.8 Å². The lowest BCUT2D eigenvalue weighted by Crippen LogP contribution is -2.01. The van der Waals surface area contributed by atoms with Crippen LogP contribution in [0.2, 0.25) is 5.02 Å². The lowest BCUT2D eigenvalue weighted by Gasteiger charge is -2.15. The minimum Gasteiger partial charge on any atom is -0.489 e. The molecule has 2 heterocycles. The van der Waals surface area contributed by atoms with Gasteiger partial charge in [-0.1, -0.05) is 11.6 Å². The van der Waals surface area contributed by atoms with Gasteiger partial charge in [-0.05, 0) is 39.0 Å². The third-order valence-electron chi connectivity index (χ3n) is 3.08. The van der Waals surface area contributed by atoms with Gasteiger partial charge in [0.2, 0.25) is 0 Å². The number of fused-ring (bicyclic) bond motifs is 1. The third-order valence-corrected chi connectivity index (χ3v) is 5.11. The molecule has 20 heavy (non-hydrogen) atoms. The van der Waals surface area contributed by atoms with Gasteiger partial charge >= 0.3 is 0 Å². The molecule has 0 saturated carbocycles. The van der Waals surface area contributed by atoms with Gasteiger partial charge in [-0.3, -0.25) is 0 Å². The average molecular weight is 376 g/mol. The molecule has 1 aliphatic heterocycles. The molecular formula is C14H12BrClO3S. The Kier molecular flexibility index (Phi) is 4.21. The van der Waals surface area contributed by atoms with Crippen molar-refractivity contribution in [3.63, 3.8) is 0 Å². The quantitative estimate of drug-likeness (QED) is 0.845. The number of benzene rings is 1. The normalized spacial score (nSPS) is 15.8. The highest BCUT2D eigenvalue weighted by Crippen LogP contribution is 2.41. The van der Waals surface area contributed by atoms with Crippen molar-refractivity contribution >= 4 is 38.9 Å². The summed E-state index contributed by atoms with van der Waals surface area (Å²) in [5.74, 6) is 1.15. The molecule has 3 rings (SSSR count). The Labute approximate surface area is 134 Å². The Morgan fingerprint density at radius 1 is 1.25 bits per heavy atom. The Balaban J connectivity index is 2.01. The van der Waals surface area contributed by atoms with Gasteiger partial charge in [0, 0.05) is 21.8 Å². The molecule has 0 bridgehead atoms. The van der Waals surface area contributed by atoms with Crippen LogP contribution in [0.15, 0.2) is 27.4 Å². The zero-order chi connectivity index (χ0) is 14.1. The zero-order valence-corrected chi connectivity index (χ0v) is 13.6. The number of hydrogen-bond acceptors (Lipinski definition) is 4. The second kappa shape index (κ2) is 5.93. The van der Waals surface area contributed by atoms with Crippen LogP contribution in [0.1, 0.15) is 23.7 Å². The topological polar surface area (TPSA) is 38.7 Å². The molecule has 1 aliphatic rings. The predicted octanol–water partition coefficient (Wildman–Crippen LogP) is 4.41. The van der Waals surface area contributed by atoms with Crippen LogP contribution in [-0.4, -0.2) is 18.3 Å². The molecule has 0 radical (unpaired) electrons. The molecule has 1 aromatic heterocycles. The van der Waals surface area contributed by atoms with Gasteiger partial charge in [-0.15, -0.1) is 0 Å². The van der Waals surface area contributed by atoms with E-state index in [2.05, 4.69) is 15.9 Å². The highest BCUT2D eigenvalue weighted by atomic mass is 79.9. The van der Waals surface area contributed by atoms with Crippen LogP contribution in [0.5, 0.6) is 11.5 Å². The van der Waals surface area contributed by atoms with Crippen LogP contribution in [0.25, 0.3) is 0 Å². The molecule has 0 amide bonds. The Hall–Kier alpha value is -0.750. The van der Waals surface area contributed by atoms with E-state index in [1.165, 1.54) is 11.3 Å². The first-order valence-electron chi connectivity index (χ1n) is 6.15. The molecule has 0 aliphatic carbocycles. The summed E-state index contributed by atoms with van der Waals surface area (Å²) in [6.07, 6.45) is 0.0733. The summed E-state index contributed by atoms with van der Waals surface area (Å²) in [6.45, 7) is 1.18. The van der Waals surface area contributed by atoms with Crippen molar-refractivity contribution in [3.05, 3.63) is 43.5 Å². The molecule has 1 unspecified atom stereocenters. The summed E-state index contributed by atoms with van der Waals surface area (Å²) in [6, 6.07) is 3.52. The van der Waals surface area contributed by atoms with Gasteiger partial charge in [0.1, 0.15) is 6.10 Å². The third kappa shape index (κ3) is 2.68. The fourth-order valence-corrected chi connectivity index (χ4v) is 3.88. The number of halogens is 2. The molecule has 1 atom stereocenters. The molecule has 3 nitrogen and oxygen atoms in total. The number of thiophene rings is 1. The van der Waals surface area contributed by atoms with Crippen molar-refractivity contribution < 1.29 is 14.6 Å². The second-order valence-electron chi connectivity index (χ2n) is 4.46. The number of aliphatic hydroxyl groups is 1. The molecule has 6 heteroatoms. The SMILES string of the molecule is OC(c1cc(Cl)c2c(c1)OCCCO2)c1cscc1Br. The van der Waals surface area contributed by atoms with E-state index in [-0.39, 0.29) is 0 Å². The van der Waals surface area contributed by atoms with E-state index < -0.39 is 6.10 Å². The maximum absolute atomic E-state index is 10.5. The predicted molar refractivity (Wildman–Crippen MR) is 83.1 cm³/mol. The van der Waals surface area contributed by atoms with Gasteiger partial charge in [-0.2, -0.15) is 11.3 Å². The highest BCUT2D eigenvalue weighted by molar-refractivity contribution is 9.10. The summed E-state index contributed by atoms with van der Waals surface area (Å²) in [5.41, 5.74) is 1.51. The van der Waals surface area contributed by atoms with Gasteiger partial charge < -0.3 is 14.6 Å². The van der Waals surface area contributed by atoms with Crippen LogP contribution in [0.4, 0.5) is 0 Å². The number of ether oxygens (including phenoxy) is 2. The van der Waals surface area contributed by atoms with Crippen LogP contribution >= 0.6 is 38.9 Å². The van der Waals surface area contributed by atoms with Crippen molar-refractivity contribution in [2.45, 2.75) is 12.5 Å². The molecule has 1 N–H and O–H groups in total. The Bertz CT molecular complexity index is 629. The van der Waals surface area contributed by atoms with Crippen LogP contribution in [0.3, 0.4) is 0 Å². The van der Waals surface area contributed by atoms with Crippen LogP contribution in [-0.2, 0) is 0 Å². The van der Waals surface area contributed by atoms with E-state index in [0.29, 0.717) is 35.3 Å². The molecule has 0 fully saturated rings. The summed E-state index contributed by atoms with van der Waals surface area (Å²) < 4.78 is 12.1. The van der Waals surface area contributed by atoms with E-state index >= 15 is 0 Å². The monoisotopic (exact) mass is 374 g/mol. The summed E-state index contributed by atoms with van der Waals surface area (Å²) in [4.78, 5) is 0. The van der Waals surface area contributed by atoms with Gasteiger partial charge in [0.15, 0.2) is 11.5 Å². The zero-order valence-electron chi connectivity index (χ0n) is 10.4. The first-order chi connectivity index (χ1) is 9.66. The van der Waals surface area contributed by atoms with Gasteiger partial charge in [0.05, 0.1) is 18.2 Å². The molecule has 106 valence electrons. The molecule has 2 aromatic rings. The van der Waals surface area contributed by atoms with Crippen LogP contribution < -0.4 is 9.47 Å². The van der Waals surface area contributed by atoms with E-state index in [0.717, 1.165) is 16.5 Å². The first kappa shape index (κ1) is 14.2. The van der Waals surface area contributed by atoms with Crippen molar-refractivity contribution in [1.82, 2.24) is 0 Å². The molecule has 1 aromatic carbocycles. The molecule has 0 spiro atoms. The lowest BCUT2D eigenvalue weighted by atomic mass is 10.0. The molecular weight excluding hydrogens is 364 g/mol. The Morgan fingerprint density at radius 2 is 2.05 bits per heavy atom. The standard InChI is InChI=1S/C14H12BrClO3S/c15-10-7-20-6-9(10)13(17)8-4-11(16)14-12(5-8)18-2-1-3-19-14/h4-7,13,17H,1-3H2. The molecule has 0 saturated heterocycles. The smallest absolute Gasteiger partial charge is 0.179 e. The minimum absolute atomic E-state index is 0.463. The van der Waals surface area contributed by atoms with E-state index in [1.54, 1.807) is 12.1 Å². The maximum Gasteiger partial charge on any atom is 0.179 e. The lowest BCUT2D eigenvalue weighted by molar-refractivity contribution is 0.219. The van der Waals surface area contributed by atoms with Crippen molar-refractivity contribution in [1.29, 1.82) is 0 Å². The van der Waals surface area contributed by atoms with Crippen LogP contribution in [0, 0.1) is 0 Å². The number of rotatable bonds is 2. The first-order valence-corrected chi connectivity index (χ1v) is 8.27. The average Bonchev–Trinajstić information content (AvgIpc) is 2.72. The fraction of sp³-hybridized carbons (Fsp3) is 0.286. The van der Waals surface area contributed by atoms with Crippen molar-refractivity contribution in [2.24, 2.45) is 0 Å².